The van der Waals surface area contributed by atoms with E-state index in [0.717, 1.165) is 67.6 Å². The molecule has 1 aromatic rings. The number of fused-ring (bicyclic) bond motifs is 5. The lowest BCUT2D eigenvalue weighted by Crippen LogP contribution is -2.51. The highest BCUT2D eigenvalue weighted by Crippen LogP contribution is 2.67. The summed E-state index contributed by atoms with van der Waals surface area (Å²) < 4.78 is 13.0. The maximum Gasteiger partial charge on any atom is 0.508 e. The van der Waals surface area contributed by atoms with E-state index in [2.05, 4.69) is 56.3 Å². The molecular weight excluding hydrogens is 628 g/mol. The number of nitrogens with one attached hydrogen (secondary N) is 1. The summed E-state index contributed by atoms with van der Waals surface area (Å²) in [5.74, 6) is 4.75. The molecule has 0 aliphatic heterocycles. The number of amides is 1. The van der Waals surface area contributed by atoms with E-state index in [1.807, 2.05) is 0 Å². The molecule has 0 saturated heterocycles. The van der Waals surface area contributed by atoms with Gasteiger partial charge in [-0.25, -0.2) is 4.79 Å². The van der Waals surface area contributed by atoms with Gasteiger partial charge in [0.15, 0.2) is 0 Å². The molecule has 3 saturated carbocycles. The van der Waals surface area contributed by atoms with Crippen LogP contribution in [0.1, 0.15) is 137 Å². The minimum Gasteiger partial charge on any atom is -0.431 e. The first-order valence-electron chi connectivity index (χ1n) is 20.1. The largest absolute Gasteiger partial charge is 0.508 e. The molecule has 3 fully saturated rings. The molecule has 0 bridgehead atoms. The van der Waals surface area contributed by atoms with Crippen molar-refractivity contribution in [2.45, 2.75) is 156 Å². The Labute approximate surface area is 301 Å². The maximum atomic E-state index is 12.7. The Hall–Kier alpha value is -2.46. The van der Waals surface area contributed by atoms with Crippen LogP contribution in [-0.2, 0) is 27.4 Å². The molecule has 1 heterocycles. The van der Waals surface area contributed by atoms with Crippen LogP contribution in [0.2, 0.25) is 0 Å². The van der Waals surface area contributed by atoms with Gasteiger partial charge in [-0.3, -0.25) is 9.48 Å². The molecule has 10 nitrogen and oxygen atoms in total. The summed E-state index contributed by atoms with van der Waals surface area (Å²) in [5, 5.41) is 11.1. The number of hydrogen-bond acceptors (Lipinski definition) is 8. The quantitative estimate of drug-likeness (QED) is 0.0873. The normalized spacial score (nSPS) is 31.6. The zero-order valence-electron chi connectivity index (χ0n) is 31.8. The molecule has 5 N–H and O–H groups in total. The molecule has 1 aromatic heterocycles. The molecule has 0 unspecified atom stereocenters. The van der Waals surface area contributed by atoms with Gasteiger partial charge < -0.3 is 26.3 Å². The lowest BCUT2D eigenvalue weighted by molar-refractivity contribution is -0.122. The van der Waals surface area contributed by atoms with Crippen LogP contribution in [0, 0.1) is 46.3 Å². The number of allylic oxidation sites excluding steroid dienone is 1. The van der Waals surface area contributed by atoms with E-state index in [0.29, 0.717) is 43.6 Å². The number of ether oxygens (including phenoxy) is 2. The van der Waals surface area contributed by atoms with E-state index in [4.69, 9.17) is 20.9 Å². The molecular formula is C40H68N6O4. The van der Waals surface area contributed by atoms with Gasteiger partial charge in [-0.2, -0.15) is 0 Å². The third-order valence-electron chi connectivity index (χ3n) is 13.6. The first-order chi connectivity index (χ1) is 23.9. The number of hydrogen-bond donors (Lipinski definition) is 3. The second kappa shape index (κ2) is 17.4. The second-order valence-corrected chi connectivity index (χ2v) is 17.3. The van der Waals surface area contributed by atoms with Crippen molar-refractivity contribution < 1.29 is 19.1 Å². The molecule has 9 atom stereocenters. The van der Waals surface area contributed by atoms with Gasteiger partial charge in [0.1, 0.15) is 18.4 Å². The number of aromatic nitrogens is 3. The summed E-state index contributed by atoms with van der Waals surface area (Å²) in [4.78, 5) is 24.9. The van der Waals surface area contributed by atoms with Crippen LogP contribution in [-0.4, -0.2) is 52.3 Å². The minimum atomic E-state index is -0.638. The van der Waals surface area contributed by atoms with E-state index in [9.17, 15) is 9.59 Å². The van der Waals surface area contributed by atoms with Crippen molar-refractivity contribution in [3.05, 3.63) is 23.5 Å². The van der Waals surface area contributed by atoms with Gasteiger partial charge in [0, 0.05) is 19.5 Å². The van der Waals surface area contributed by atoms with Crippen molar-refractivity contribution in [3.8, 4) is 0 Å². The Morgan fingerprint density at radius 1 is 1.02 bits per heavy atom. The Morgan fingerprint density at radius 3 is 2.62 bits per heavy atom. The average Bonchev–Trinajstić information content (AvgIpc) is 3.69. The first kappa shape index (κ1) is 38.8. The number of nitrogens with zero attached hydrogens (tertiary/aromatic N) is 3. The molecule has 4 aliphatic carbocycles. The Morgan fingerprint density at radius 2 is 1.84 bits per heavy atom. The Balaban J connectivity index is 1.04. The maximum absolute atomic E-state index is 12.7. The summed E-state index contributed by atoms with van der Waals surface area (Å²) in [6, 6.07) is -0.506. The van der Waals surface area contributed by atoms with E-state index < -0.39 is 12.2 Å². The van der Waals surface area contributed by atoms with Gasteiger partial charge in [-0.05, 0) is 117 Å². The van der Waals surface area contributed by atoms with Crippen LogP contribution in [0.5, 0.6) is 0 Å². The zero-order chi connectivity index (χ0) is 35.9. The van der Waals surface area contributed by atoms with E-state index in [1.54, 1.807) is 10.9 Å². The SMILES string of the molecule is CC(C)CCC[C@@H](C)[C@H]1CC[C@H]2[C@@H]3CC=C4C[C@@H](OC(=O)OCc5cn(CCCNC(=O)[C@@H](N)CCCCN)nn5)CC[C@]4(C)[C@H]3CC[C@]12C. The van der Waals surface area contributed by atoms with Crippen molar-refractivity contribution in [2.75, 3.05) is 13.1 Å². The summed E-state index contributed by atoms with van der Waals surface area (Å²) in [6.45, 7) is 14.1. The molecule has 0 radical (unpaired) electrons. The standard InChI is InChI=1S/C40H68N6O4/c1-27(2)10-8-11-28(3)33-15-16-34-32-14-13-29-24-31(17-19-39(29,4)35(32)18-20-40(33,34)5)50-38(48)49-26-30-25-46(45-44-30)23-9-22-43-37(47)36(42)12-6-7-21-41/h13,25,27-28,31-36H,6-12,14-24,26,41-42H2,1-5H3,(H,43,47)/t28-,31+,32+,33-,34+,35+,36+,39+,40-/m1/s1. The molecule has 1 amide bonds. The third kappa shape index (κ3) is 9.12. The highest BCUT2D eigenvalue weighted by molar-refractivity contribution is 5.81. The van der Waals surface area contributed by atoms with Crippen molar-refractivity contribution in [3.63, 3.8) is 0 Å². The predicted octanol–water partition coefficient (Wildman–Crippen LogP) is 7.30. The number of carbonyl (C=O) groups is 2. The number of unbranched alkanes of at least 4 members (excludes halogenated alkanes) is 1. The number of carbonyl (C=O) groups excluding carboxylic acids is 2. The monoisotopic (exact) mass is 697 g/mol. The van der Waals surface area contributed by atoms with Crippen molar-refractivity contribution >= 4 is 12.1 Å². The number of nitrogens with two attached hydrogens (primary N) is 2. The fourth-order valence-corrected chi connectivity index (χ4v) is 10.8. The fraction of sp³-hybridized carbons (Fsp3) is 0.850. The Bertz CT molecular complexity index is 1300. The highest BCUT2D eigenvalue weighted by atomic mass is 16.7. The van der Waals surface area contributed by atoms with Gasteiger partial charge in [0.05, 0.1) is 12.2 Å². The highest BCUT2D eigenvalue weighted by Gasteiger charge is 2.59. The Kier molecular flexibility index (Phi) is 13.5. The average molecular weight is 697 g/mol. The van der Waals surface area contributed by atoms with Gasteiger partial charge in [0.25, 0.3) is 0 Å². The molecule has 282 valence electrons. The van der Waals surface area contributed by atoms with Crippen LogP contribution in [0.15, 0.2) is 17.8 Å². The van der Waals surface area contributed by atoms with Gasteiger partial charge in [-0.15, -0.1) is 5.10 Å². The van der Waals surface area contributed by atoms with Gasteiger partial charge in [0.2, 0.25) is 5.91 Å². The minimum absolute atomic E-state index is 0.0155. The second-order valence-electron chi connectivity index (χ2n) is 17.3. The fourth-order valence-electron chi connectivity index (χ4n) is 10.8. The zero-order valence-corrected chi connectivity index (χ0v) is 31.8. The van der Waals surface area contributed by atoms with Crippen molar-refractivity contribution in [2.24, 2.45) is 57.8 Å². The predicted molar refractivity (Wildman–Crippen MR) is 197 cm³/mol. The van der Waals surface area contributed by atoms with Crippen LogP contribution in [0.3, 0.4) is 0 Å². The van der Waals surface area contributed by atoms with Gasteiger partial charge >= 0.3 is 6.16 Å². The molecule has 50 heavy (non-hydrogen) atoms. The number of aryl methyl sites for hydroxylation is 1. The summed E-state index contributed by atoms with van der Waals surface area (Å²) in [5.41, 5.74) is 14.2. The van der Waals surface area contributed by atoms with E-state index in [1.165, 1.54) is 56.9 Å². The topological polar surface area (TPSA) is 147 Å². The third-order valence-corrected chi connectivity index (χ3v) is 13.6. The molecule has 5 rings (SSSR count). The summed E-state index contributed by atoms with van der Waals surface area (Å²) in [7, 11) is 0. The van der Waals surface area contributed by atoms with Crippen LogP contribution in [0.4, 0.5) is 4.79 Å². The van der Waals surface area contributed by atoms with Crippen LogP contribution < -0.4 is 16.8 Å². The van der Waals surface area contributed by atoms with Crippen LogP contribution in [0.25, 0.3) is 0 Å². The summed E-state index contributed by atoms with van der Waals surface area (Å²) in [6.07, 6.45) is 20.2. The molecule has 0 aromatic carbocycles. The number of rotatable bonds is 17. The van der Waals surface area contributed by atoms with Crippen molar-refractivity contribution in [1.82, 2.24) is 20.3 Å². The summed E-state index contributed by atoms with van der Waals surface area (Å²) >= 11 is 0. The lowest BCUT2D eigenvalue weighted by atomic mass is 9.47. The first-order valence-corrected chi connectivity index (χ1v) is 20.1. The molecule has 0 spiro atoms. The van der Waals surface area contributed by atoms with Crippen molar-refractivity contribution in [1.29, 1.82) is 0 Å². The van der Waals surface area contributed by atoms with Crippen LogP contribution >= 0.6 is 0 Å². The van der Waals surface area contributed by atoms with E-state index in [-0.39, 0.29) is 24.0 Å². The lowest BCUT2D eigenvalue weighted by Gasteiger charge is -2.58. The van der Waals surface area contributed by atoms with E-state index >= 15 is 0 Å². The molecule has 4 aliphatic rings. The van der Waals surface area contributed by atoms with Gasteiger partial charge in [-0.1, -0.05) is 77.2 Å². The smallest absolute Gasteiger partial charge is 0.431 e. The molecule has 10 heteroatoms.